The van der Waals surface area contributed by atoms with Crippen molar-refractivity contribution < 1.29 is 19.0 Å². The van der Waals surface area contributed by atoms with E-state index in [4.69, 9.17) is 14.2 Å². The number of allylic oxidation sites excluding steroid dienone is 1. The smallest absolute Gasteiger partial charge is 0.189 e. The second kappa shape index (κ2) is 7.49. The van der Waals surface area contributed by atoms with Gasteiger partial charge >= 0.3 is 0 Å². The Hall–Kier alpha value is -2.75. The van der Waals surface area contributed by atoms with E-state index in [1.54, 1.807) is 39.5 Å². The summed E-state index contributed by atoms with van der Waals surface area (Å²) in [6.45, 7) is 1.95. The minimum Gasteiger partial charge on any atom is -0.496 e. The highest BCUT2D eigenvalue weighted by molar-refractivity contribution is 6.08. The fourth-order valence-electron chi connectivity index (χ4n) is 2.30. The van der Waals surface area contributed by atoms with Crippen LogP contribution in [0.15, 0.2) is 42.5 Å². The molecule has 0 aliphatic rings. The Morgan fingerprint density at radius 2 is 1.70 bits per heavy atom. The quantitative estimate of drug-likeness (QED) is 0.599. The number of ketones is 1. The van der Waals surface area contributed by atoms with E-state index in [0.717, 1.165) is 11.1 Å². The van der Waals surface area contributed by atoms with Crippen LogP contribution in [-0.2, 0) is 0 Å². The van der Waals surface area contributed by atoms with Gasteiger partial charge in [-0.15, -0.1) is 0 Å². The molecule has 0 fully saturated rings. The Balaban J connectivity index is 2.32. The van der Waals surface area contributed by atoms with Crippen molar-refractivity contribution in [3.63, 3.8) is 0 Å². The third kappa shape index (κ3) is 3.72. The highest BCUT2D eigenvalue weighted by Gasteiger charge is 2.11. The third-order valence-electron chi connectivity index (χ3n) is 3.47. The van der Waals surface area contributed by atoms with Crippen molar-refractivity contribution in [1.82, 2.24) is 0 Å². The molecular weight excluding hydrogens is 292 g/mol. The van der Waals surface area contributed by atoms with Crippen molar-refractivity contribution >= 4 is 11.9 Å². The number of benzene rings is 2. The van der Waals surface area contributed by atoms with Crippen LogP contribution in [0.2, 0.25) is 0 Å². The minimum atomic E-state index is -0.133. The van der Waals surface area contributed by atoms with Gasteiger partial charge in [0.15, 0.2) is 17.3 Å². The van der Waals surface area contributed by atoms with Gasteiger partial charge in [-0.2, -0.15) is 0 Å². The molecule has 0 atom stereocenters. The van der Waals surface area contributed by atoms with Gasteiger partial charge in [-0.3, -0.25) is 4.79 Å². The minimum absolute atomic E-state index is 0.133. The molecule has 23 heavy (non-hydrogen) atoms. The predicted octanol–water partition coefficient (Wildman–Crippen LogP) is 3.92. The SMILES string of the molecule is COc1cc(C)ccc1C(=O)C=Cc1cccc(OC)c1OC. The lowest BCUT2D eigenvalue weighted by Crippen LogP contribution is -1.99. The van der Waals surface area contributed by atoms with Gasteiger partial charge < -0.3 is 14.2 Å². The van der Waals surface area contributed by atoms with E-state index >= 15 is 0 Å². The van der Waals surface area contributed by atoms with Crippen LogP contribution in [-0.4, -0.2) is 27.1 Å². The normalized spacial score (nSPS) is 10.6. The Labute approximate surface area is 136 Å². The lowest BCUT2D eigenvalue weighted by molar-refractivity contribution is 0.104. The Kier molecular flexibility index (Phi) is 5.41. The van der Waals surface area contributed by atoms with E-state index in [1.165, 1.54) is 6.08 Å². The molecule has 0 aromatic heterocycles. The number of para-hydroxylation sites is 1. The molecule has 0 aliphatic carbocycles. The third-order valence-corrected chi connectivity index (χ3v) is 3.47. The van der Waals surface area contributed by atoms with Crippen LogP contribution in [0.1, 0.15) is 21.5 Å². The van der Waals surface area contributed by atoms with E-state index < -0.39 is 0 Å². The summed E-state index contributed by atoms with van der Waals surface area (Å²) in [5, 5.41) is 0. The largest absolute Gasteiger partial charge is 0.496 e. The number of rotatable bonds is 6. The van der Waals surface area contributed by atoms with Crippen LogP contribution >= 0.6 is 0 Å². The highest BCUT2D eigenvalue weighted by Crippen LogP contribution is 2.31. The molecule has 2 rings (SSSR count). The van der Waals surface area contributed by atoms with E-state index in [9.17, 15) is 4.79 Å². The van der Waals surface area contributed by atoms with Crippen LogP contribution in [0, 0.1) is 6.92 Å². The van der Waals surface area contributed by atoms with Gasteiger partial charge in [0.25, 0.3) is 0 Å². The van der Waals surface area contributed by atoms with Crippen LogP contribution in [0.3, 0.4) is 0 Å². The number of carbonyl (C=O) groups is 1. The summed E-state index contributed by atoms with van der Waals surface area (Å²) in [5.41, 5.74) is 2.33. The number of hydrogen-bond acceptors (Lipinski definition) is 4. The van der Waals surface area contributed by atoms with Crippen LogP contribution in [0.5, 0.6) is 17.2 Å². The number of methoxy groups -OCH3 is 3. The summed E-state index contributed by atoms with van der Waals surface area (Å²) in [4.78, 5) is 12.4. The second-order valence-electron chi connectivity index (χ2n) is 4.98. The average molecular weight is 312 g/mol. The lowest BCUT2D eigenvalue weighted by Gasteiger charge is -2.10. The Morgan fingerprint density at radius 3 is 2.35 bits per heavy atom. The summed E-state index contributed by atoms with van der Waals surface area (Å²) in [6.07, 6.45) is 3.22. The molecule has 0 spiro atoms. The van der Waals surface area contributed by atoms with Crippen molar-refractivity contribution in [3.05, 3.63) is 59.2 Å². The molecule has 2 aromatic rings. The number of carbonyl (C=O) groups excluding carboxylic acids is 1. The second-order valence-corrected chi connectivity index (χ2v) is 4.98. The lowest BCUT2D eigenvalue weighted by atomic mass is 10.1. The van der Waals surface area contributed by atoms with Gasteiger partial charge in [0.05, 0.1) is 26.9 Å². The maximum absolute atomic E-state index is 12.4. The fourth-order valence-corrected chi connectivity index (χ4v) is 2.30. The molecule has 0 saturated heterocycles. The molecule has 2 aromatic carbocycles. The first-order valence-corrected chi connectivity index (χ1v) is 7.18. The maximum Gasteiger partial charge on any atom is 0.189 e. The standard InChI is InChI=1S/C19H20O4/c1-13-8-10-15(18(12-13)22-3)16(20)11-9-14-6-5-7-17(21-2)19(14)23-4/h5-12H,1-4H3. The van der Waals surface area contributed by atoms with E-state index in [1.807, 2.05) is 31.2 Å². The van der Waals surface area contributed by atoms with Gasteiger partial charge in [0.2, 0.25) is 0 Å². The molecule has 0 N–H and O–H groups in total. The molecular formula is C19H20O4. The predicted molar refractivity (Wildman–Crippen MR) is 90.6 cm³/mol. The number of hydrogen-bond donors (Lipinski definition) is 0. The van der Waals surface area contributed by atoms with Gasteiger partial charge in [-0.1, -0.05) is 18.2 Å². The highest BCUT2D eigenvalue weighted by atomic mass is 16.5. The van der Waals surface area contributed by atoms with Crippen LogP contribution in [0.25, 0.3) is 6.08 Å². The summed E-state index contributed by atoms with van der Waals surface area (Å²) in [6, 6.07) is 11.0. The van der Waals surface area contributed by atoms with Gasteiger partial charge in [-0.25, -0.2) is 0 Å². The first-order chi connectivity index (χ1) is 11.1. The first-order valence-electron chi connectivity index (χ1n) is 7.18. The van der Waals surface area contributed by atoms with Crippen LogP contribution < -0.4 is 14.2 Å². The topological polar surface area (TPSA) is 44.8 Å². The molecule has 0 radical (unpaired) electrons. The van der Waals surface area contributed by atoms with E-state index in [2.05, 4.69) is 0 Å². The van der Waals surface area contributed by atoms with E-state index in [0.29, 0.717) is 22.8 Å². The summed E-state index contributed by atoms with van der Waals surface area (Å²) in [5.74, 6) is 1.65. The monoisotopic (exact) mass is 312 g/mol. The van der Waals surface area contributed by atoms with Crippen molar-refractivity contribution in [2.24, 2.45) is 0 Å². The molecule has 0 bridgehead atoms. The average Bonchev–Trinajstić information content (AvgIpc) is 2.58. The number of ether oxygens (including phenoxy) is 3. The van der Waals surface area contributed by atoms with Crippen LogP contribution in [0.4, 0.5) is 0 Å². The van der Waals surface area contributed by atoms with E-state index in [-0.39, 0.29) is 5.78 Å². The molecule has 4 heteroatoms. The summed E-state index contributed by atoms with van der Waals surface area (Å²) >= 11 is 0. The number of aryl methyl sites for hydroxylation is 1. The Bertz CT molecular complexity index is 732. The molecule has 4 nitrogen and oxygen atoms in total. The molecule has 120 valence electrons. The van der Waals surface area contributed by atoms with Crippen molar-refractivity contribution in [2.75, 3.05) is 21.3 Å². The maximum atomic E-state index is 12.4. The first kappa shape index (κ1) is 16.6. The van der Waals surface area contributed by atoms with Gasteiger partial charge in [0, 0.05) is 5.56 Å². The zero-order valence-corrected chi connectivity index (χ0v) is 13.8. The molecule has 0 heterocycles. The zero-order valence-electron chi connectivity index (χ0n) is 13.8. The van der Waals surface area contributed by atoms with Crippen molar-refractivity contribution in [3.8, 4) is 17.2 Å². The Morgan fingerprint density at radius 1 is 0.957 bits per heavy atom. The summed E-state index contributed by atoms with van der Waals surface area (Å²) < 4.78 is 15.9. The molecule has 0 amide bonds. The fraction of sp³-hybridized carbons (Fsp3) is 0.211. The molecule has 0 unspecified atom stereocenters. The van der Waals surface area contributed by atoms with Crippen molar-refractivity contribution in [1.29, 1.82) is 0 Å². The van der Waals surface area contributed by atoms with Gasteiger partial charge in [0.1, 0.15) is 5.75 Å². The molecule has 0 saturated carbocycles. The molecule has 0 aliphatic heterocycles. The zero-order chi connectivity index (χ0) is 16.8. The van der Waals surface area contributed by atoms with Crippen molar-refractivity contribution in [2.45, 2.75) is 6.92 Å². The van der Waals surface area contributed by atoms with Gasteiger partial charge in [-0.05, 0) is 42.8 Å². The summed E-state index contributed by atoms with van der Waals surface area (Å²) in [7, 11) is 4.70.